The molecule has 1 heterocycles. The molecule has 144 valence electrons. The molecule has 0 saturated heterocycles. The topological polar surface area (TPSA) is 78.1 Å². The fraction of sp³-hybridized carbons (Fsp3) is 0.278. The molecular formula is C18H18ClF2N3O3. The third-order valence-electron chi connectivity index (χ3n) is 3.68. The van der Waals surface area contributed by atoms with Crippen LogP contribution in [0, 0.1) is 0 Å². The van der Waals surface area contributed by atoms with Gasteiger partial charge in [0.25, 0.3) is 0 Å². The van der Waals surface area contributed by atoms with Gasteiger partial charge in [-0.25, -0.2) is 4.99 Å². The summed E-state index contributed by atoms with van der Waals surface area (Å²) in [6.07, 6.45) is 0.809. The maximum absolute atomic E-state index is 12.5. The molecule has 0 atom stereocenters. The Morgan fingerprint density at radius 3 is 2.74 bits per heavy atom. The van der Waals surface area contributed by atoms with E-state index in [1.165, 1.54) is 18.2 Å². The van der Waals surface area contributed by atoms with Gasteiger partial charge >= 0.3 is 6.61 Å². The second-order valence-corrected chi connectivity index (χ2v) is 6.11. The van der Waals surface area contributed by atoms with Gasteiger partial charge in [0.1, 0.15) is 5.75 Å². The van der Waals surface area contributed by atoms with Crippen LogP contribution in [-0.4, -0.2) is 25.8 Å². The number of halogens is 3. The van der Waals surface area contributed by atoms with Crippen molar-refractivity contribution in [1.82, 2.24) is 0 Å². The molecular weight excluding hydrogens is 380 g/mol. The first-order chi connectivity index (χ1) is 13.0. The zero-order valence-corrected chi connectivity index (χ0v) is 15.0. The van der Waals surface area contributed by atoms with E-state index in [2.05, 4.69) is 15.0 Å². The zero-order chi connectivity index (χ0) is 19.2. The third kappa shape index (κ3) is 5.37. The first-order valence-corrected chi connectivity index (χ1v) is 8.59. The summed E-state index contributed by atoms with van der Waals surface area (Å²) in [4.78, 5) is 4.16. The zero-order valence-electron chi connectivity index (χ0n) is 14.3. The largest absolute Gasteiger partial charge is 0.490 e. The fourth-order valence-corrected chi connectivity index (χ4v) is 2.68. The second kappa shape index (κ2) is 8.77. The molecule has 9 heteroatoms. The minimum absolute atomic E-state index is 0.00142. The van der Waals surface area contributed by atoms with Gasteiger partial charge < -0.3 is 25.3 Å². The van der Waals surface area contributed by atoms with E-state index in [1.807, 2.05) is 0 Å². The summed E-state index contributed by atoms with van der Waals surface area (Å²) in [7, 11) is 0. The molecule has 0 aromatic heterocycles. The summed E-state index contributed by atoms with van der Waals surface area (Å²) in [5.41, 5.74) is 6.95. The van der Waals surface area contributed by atoms with Crippen molar-refractivity contribution in [3.63, 3.8) is 0 Å². The van der Waals surface area contributed by atoms with Gasteiger partial charge in [0.15, 0.2) is 17.5 Å². The number of benzene rings is 2. The van der Waals surface area contributed by atoms with Crippen LogP contribution in [0.15, 0.2) is 41.4 Å². The van der Waals surface area contributed by atoms with Gasteiger partial charge in [0.2, 0.25) is 0 Å². The lowest BCUT2D eigenvalue weighted by atomic mass is 10.2. The Balaban J connectivity index is 1.70. The number of nitrogens with one attached hydrogen (secondary N) is 1. The van der Waals surface area contributed by atoms with Crippen LogP contribution in [0.1, 0.15) is 12.0 Å². The second-order valence-electron chi connectivity index (χ2n) is 5.67. The Morgan fingerprint density at radius 1 is 1.19 bits per heavy atom. The SMILES string of the molecule is NC(=NCc1cc(Cl)ccc1OC(F)F)Nc1ccc2c(c1)OCCCO2. The standard InChI is InChI=1S/C18H18ClF2N3O3/c19-12-2-4-14(27-17(20)21)11(8-12)10-23-18(22)24-13-3-5-15-16(9-13)26-7-1-6-25-15/h2-5,8-9,17H,1,6-7,10H2,(H3,22,23,24). The Labute approximate surface area is 159 Å². The molecule has 6 nitrogen and oxygen atoms in total. The molecule has 2 aromatic carbocycles. The number of hydrogen-bond donors (Lipinski definition) is 2. The number of ether oxygens (including phenoxy) is 3. The average Bonchev–Trinajstić information content (AvgIpc) is 2.86. The molecule has 0 spiro atoms. The van der Waals surface area contributed by atoms with Gasteiger partial charge in [0.05, 0.1) is 19.8 Å². The maximum Gasteiger partial charge on any atom is 0.387 e. The van der Waals surface area contributed by atoms with Gasteiger partial charge in [-0.1, -0.05) is 11.6 Å². The van der Waals surface area contributed by atoms with E-state index >= 15 is 0 Å². The van der Waals surface area contributed by atoms with Gasteiger partial charge in [0, 0.05) is 28.8 Å². The van der Waals surface area contributed by atoms with E-state index in [1.54, 1.807) is 18.2 Å². The van der Waals surface area contributed by atoms with E-state index in [-0.39, 0.29) is 18.3 Å². The number of nitrogens with zero attached hydrogens (tertiary/aromatic N) is 1. The highest BCUT2D eigenvalue weighted by molar-refractivity contribution is 6.30. The Morgan fingerprint density at radius 2 is 1.96 bits per heavy atom. The van der Waals surface area contributed by atoms with Crippen LogP contribution in [-0.2, 0) is 6.54 Å². The molecule has 0 fully saturated rings. The first-order valence-electron chi connectivity index (χ1n) is 8.21. The van der Waals surface area contributed by atoms with Crippen LogP contribution in [0.5, 0.6) is 17.2 Å². The molecule has 3 rings (SSSR count). The molecule has 27 heavy (non-hydrogen) atoms. The van der Waals surface area contributed by atoms with E-state index < -0.39 is 6.61 Å². The summed E-state index contributed by atoms with van der Waals surface area (Å²) in [5, 5.41) is 3.31. The Kier molecular flexibility index (Phi) is 6.18. The quantitative estimate of drug-likeness (QED) is 0.588. The van der Waals surface area contributed by atoms with Crippen molar-refractivity contribution >= 4 is 23.2 Å². The summed E-state index contributed by atoms with van der Waals surface area (Å²) in [6.45, 7) is -1.74. The fourth-order valence-electron chi connectivity index (χ4n) is 2.48. The van der Waals surface area contributed by atoms with E-state index in [9.17, 15) is 8.78 Å². The summed E-state index contributed by atoms with van der Waals surface area (Å²) >= 11 is 5.92. The van der Waals surface area contributed by atoms with Crippen LogP contribution in [0.25, 0.3) is 0 Å². The van der Waals surface area contributed by atoms with Gasteiger partial charge in [-0.15, -0.1) is 0 Å². The number of alkyl halides is 2. The van der Waals surface area contributed by atoms with Crippen LogP contribution in [0.3, 0.4) is 0 Å². The number of hydrogen-bond acceptors (Lipinski definition) is 4. The van der Waals surface area contributed by atoms with Crippen LogP contribution < -0.4 is 25.3 Å². The Hall–Kier alpha value is -2.74. The lowest BCUT2D eigenvalue weighted by Crippen LogP contribution is -2.22. The molecule has 0 aliphatic carbocycles. The number of nitrogens with two attached hydrogens (primary N) is 1. The van der Waals surface area contributed by atoms with Crippen molar-refractivity contribution in [3.8, 4) is 17.2 Å². The van der Waals surface area contributed by atoms with E-state index in [4.69, 9.17) is 26.8 Å². The monoisotopic (exact) mass is 397 g/mol. The van der Waals surface area contributed by atoms with E-state index in [0.29, 0.717) is 41.0 Å². The summed E-state index contributed by atoms with van der Waals surface area (Å²) in [6, 6.07) is 9.65. The lowest BCUT2D eigenvalue weighted by molar-refractivity contribution is -0.0504. The maximum atomic E-state index is 12.5. The number of anilines is 1. The molecule has 2 aromatic rings. The molecule has 0 amide bonds. The molecule has 1 aliphatic heterocycles. The highest BCUT2D eigenvalue weighted by atomic mass is 35.5. The van der Waals surface area contributed by atoms with Crippen molar-refractivity contribution in [2.45, 2.75) is 19.6 Å². The van der Waals surface area contributed by atoms with Crippen molar-refractivity contribution < 1.29 is 23.0 Å². The van der Waals surface area contributed by atoms with Crippen molar-refractivity contribution in [3.05, 3.63) is 47.0 Å². The van der Waals surface area contributed by atoms with Gasteiger partial charge in [-0.2, -0.15) is 8.78 Å². The van der Waals surface area contributed by atoms with Crippen LogP contribution >= 0.6 is 11.6 Å². The normalized spacial score (nSPS) is 14.0. The first kappa shape index (κ1) is 19.0. The molecule has 0 radical (unpaired) electrons. The predicted molar refractivity (Wildman–Crippen MR) is 99.1 cm³/mol. The van der Waals surface area contributed by atoms with Crippen molar-refractivity contribution in [2.24, 2.45) is 10.7 Å². The molecule has 3 N–H and O–H groups in total. The Bertz CT molecular complexity index is 833. The van der Waals surface area contributed by atoms with Gasteiger partial charge in [-0.05, 0) is 30.3 Å². The highest BCUT2D eigenvalue weighted by Crippen LogP contribution is 2.32. The van der Waals surface area contributed by atoms with Crippen molar-refractivity contribution in [2.75, 3.05) is 18.5 Å². The van der Waals surface area contributed by atoms with Gasteiger partial charge in [-0.3, -0.25) is 0 Å². The van der Waals surface area contributed by atoms with Crippen molar-refractivity contribution in [1.29, 1.82) is 0 Å². The van der Waals surface area contributed by atoms with Crippen LogP contribution in [0.4, 0.5) is 14.5 Å². The third-order valence-corrected chi connectivity index (χ3v) is 3.91. The lowest BCUT2D eigenvalue weighted by Gasteiger charge is -2.12. The summed E-state index contributed by atoms with van der Waals surface area (Å²) < 4.78 is 40.7. The van der Waals surface area contributed by atoms with Crippen LogP contribution in [0.2, 0.25) is 5.02 Å². The number of guanidine groups is 1. The highest BCUT2D eigenvalue weighted by Gasteiger charge is 2.12. The predicted octanol–water partition coefficient (Wildman–Crippen LogP) is 4.03. The smallest absolute Gasteiger partial charge is 0.387 e. The minimum Gasteiger partial charge on any atom is -0.490 e. The minimum atomic E-state index is -2.94. The molecule has 1 aliphatic rings. The molecule has 0 saturated carbocycles. The molecule has 0 bridgehead atoms. The number of fused-ring (bicyclic) bond motifs is 1. The van der Waals surface area contributed by atoms with E-state index in [0.717, 1.165) is 6.42 Å². The summed E-state index contributed by atoms with van der Waals surface area (Å²) in [5.74, 6) is 1.39. The average molecular weight is 398 g/mol. The molecule has 0 unspecified atom stereocenters. The number of aliphatic imine (C=N–C) groups is 1. The number of rotatable bonds is 5.